The van der Waals surface area contributed by atoms with E-state index in [2.05, 4.69) is 0 Å². The van der Waals surface area contributed by atoms with Gasteiger partial charge in [-0.15, -0.1) is 11.6 Å². The van der Waals surface area contributed by atoms with Gasteiger partial charge < -0.3 is 4.74 Å². The summed E-state index contributed by atoms with van der Waals surface area (Å²) in [6.07, 6.45) is -4.42. The Bertz CT molecular complexity index is 294. The van der Waals surface area contributed by atoms with E-state index in [0.29, 0.717) is 5.75 Å². The Kier molecular flexibility index (Phi) is 3.26. The standard InChI is InChI=1S/C9H8ClF3O/c1-14-7-4-2-6(3-5-7)8(10)9(11,12)13/h2-5,8H,1H3. The van der Waals surface area contributed by atoms with Crippen molar-refractivity contribution in [1.29, 1.82) is 0 Å². The monoisotopic (exact) mass is 224 g/mol. The van der Waals surface area contributed by atoms with Crippen LogP contribution in [-0.4, -0.2) is 13.3 Å². The van der Waals surface area contributed by atoms with E-state index in [1.54, 1.807) is 0 Å². The highest BCUT2D eigenvalue weighted by molar-refractivity contribution is 6.21. The van der Waals surface area contributed by atoms with Crippen molar-refractivity contribution in [3.8, 4) is 5.75 Å². The van der Waals surface area contributed by atoms with Gasteiger partial charge in [-0.25, -0.2) is 0 Å². The van der Waals surface area contributed by atoms with Crippen molar-refractivity contribution in [3.05, 3.63) is 29.8 Å². The normalized spacial score (nSPS) is 13.8. The molecule has 1 aromatic rings. The van der Waals surface area contributed by atoms with Crippen molar-refractivity contribution in [3.63, 3.8) is 0 Å². The largest absolute Gasteiger partial charge is 0.497 e. The molecule has 78 valence electrons. The lowest BCUT2D eigenvalue weighted by atomic mass is 10.1. The molecule has 0 aliphatic rings. The second-order valence-electron chi connectivity index (χ2n) is 2.68. The van der Waals surface area contributed by atoms with E-state index < -0.39 is 11.6 Å². The highest BCUT2D eigenvalue weighted by Gasteiger charge is 2.39. The van der Waals surface area contributed by atoms with E-state index in [4.69, 9.17) is 16.3 Å². The molecule has 0 amide bonds. The summed E-state index contributed by atoms with van der Waals surface area (Å²) < 4.78 is 41.3. The van der Waals surface area contributed by atoms with Crippen LogP contribution >= 0.6 is 11.6 Å². The third-order valence-electron chi connectivity index (χ3n) is 1.70. The lowest BCUT2D eigenvalue weighted by Crippen LogP contribution is -2.15. The molecule has 0 saturated heterocycles. The predicted molar refractivity (Wildman–Crippen MR) is 47.6 cm³/mol. The molecule has 0 aliphatic heterocycles. The van der Waals surface area contributed by atoms with Gasteiger partial charge in [0.25, 0.3) is 0 Å². The number of hydrogen-bond donors (Lipinski definition) is 0. The fourth-order valence-electron chi connectivity index (χ4n) is 0.962. The second kappa shape index (κ2) is 4.09. The first-order valence-electron chi connectivity index (χ1n) is 3.80. The number of halogens is 4. The van der Waals surface area contributed by atoms with Crippen molar-refractivity contribution in [2.45, 2.75) is 11.6 Å². The smallest absolute Gasteiger partial charge is 0.408 e. The number of benzene rings is 1. The third-order valence-corrected chi connectivity index (χ3v) is 2.20. The fraction of sp³-hybridized carbons (Fsp3) is 0.333. The summed E-state index contributed by atoms with van der Waals surface area (Å²) in [5.74, 6) is 0.500. The quantitative estimate of drug-likeness (QED) is 0.699. The van der Waals surface area contributed by atoms with Crippen molar-refractivity contribution < 1.29 is 17.9 Å². The van der Waals surface area contributed by atoms with Gasteiger partial charge in [-0.3, -0.25) is 0 Å². The summed E-state index contributed by atoms with van der Waals surface area (Å²) in [6, 6.07) is 5.47. The zero-order chi connectivity index (χ0) is 10.8. The van der Waals surface area contributed by atoms with Crippen molar-refractivity contribution in [2.75, 3.05) is 7.11 Å². The molecule has 0 bridgehead atoms. The molecule has 1 aromatic carbocycles. The number of rotatable bonds is 2. The number of ether oxygens (including phenoxy) is 1. The van der Waals surface area contributed by atoms with Crippen molar-refractivity contribution >= 4 is 11.6 Å². The van der Waals surface area contributed by atoms with E-state index in [1.165, 1.54) is 31.4 Å². The van der Waals surface area contributed by atoms with Crippen LogP contribution in [0, 0.1) is 0 Å². The molecular formula is C9H8ClF3O. The van der Waals surface area contributed by atoms with Crippen LogP contribution in [0.25, 0.3) is 0 Å². The lowest BCUT2D eigenvalue weighted by molar-refractivity contribution is -0.131. The molecule has 14 heavy (non-hydrogen) atoms. The van der Waals surface area contributed by atoms with Gasteiger partial charge in [-0.1, -0.05) is 12.1 Å². The molecule has 0 aliphatic carbocycles. The zero-order valence-electron chi connectivity index (χ0n) is 7.31. The molecule has 1 unspecified atom stereocenters. The summed E-state index contributed by atoms with van der Waals surface area (Å²) in [5.41, 5.74) is 0.0139. The van der Waals surface area contributed by atoms with Crippen LogP contribution in [0.5, 0.6) is 5.75 Å². The second-order valence-corrected chi connectivity index (χ2v) is 3.11. The minimum absolute atomic E-state index is 0.0139. The molecule has 5 heteroatoms. The molecular weight excluding hydrogens is 217 g/mol. The molecule has 0 N–H and O–H groups in total. The first-order valence-corrected chi connectivity index (χ1v) is 4.23. The van der Waals surface area contributed by atoms with E-state index in [0.717, 1.165) is 0 Å². The van der Waals surface area contributed by atoms with Crippen LogP contribution in [0.2, 0.25) is 0 Å². The molecule has 1 atom stereocenters. The Balaban J connectivity index is 2.87. The van der Waals surface area contributed by atoms with Crippen LogP contribution < -0.4 is 4.74 Å². The SMILES string of the molecule is COc1ccc(C(Cl)C(F)(F)F)cc1. The van der Waals surface area contributed by atoms with E-state index >= 15 is 0 Å². The Morgan fingerprint density at radius 1 is 1.21 bits per heavy atom. The lowest BCUT2D eigenvalue weighted by Gasteiger charge is -2.13. The van der Waals surface area contributed by atoms with Gasteiger partial charge in [0, 0.05) is 0 Å². The maximum atomic E-state index is 12.2. The van der Waals surface area contributed by atoms with E-state index in [1.807, 2.05) is 0 Å². The molecule has 0 fully saturated rings. The van der Waals surface area contributed by atoms with Crippen LogP contribution in [0.15, 0.2) is 24.3 Å². The zero-order valence-corrected chi connectivity index (χ0v) is 8.06. The van der Waals surface area contributed by atoms with Crippen LogP contribution in [0.4, 0.5) is 13.2 Å². The summed E-state index contributed by atoms with van der Waals surface area (Å²) in [6.45, 7) is 0. The first kappa shape index (κ1) is 11.2. The van der Waals surface area contributed by atoms with Gasteiger partial charge >= 0.3 is 6.18 Å². The molecule has 0 spiro atoms. The Hall–Kier alpha value is -0.900. The van der Waals surface area contributed by atoms with E-state index in [-0.39, 0.29) is 5.56 Å². The van der Waals surface area contributed by atoms with Crippen molar-refractivity contribution in [1.82, 2.24) is 0 Å². The van der Waals surface area contributed by atoms with Gasteiger partial charge in [0.2, 0.25) is 0 Å². The average Bonchev–Trinajstić information content (AvgIpc) is 2.15. The Labute approximate surface area is 84.4 Å². The number of alkyl halides is 4. The summed E-state index contributed by atoms with van der Waals surface area (Å²) in [4.78, 5) is 0. The topological polar surface area (TPSA) is 9.23 Å². The van der Waals surface area contributed by atoms with Gasteiger partial charge in [0.05, 0.1) is 7.11 Å². The first-order chi connectivity index (χ1) is 6.45. The fourth-order valence-corrected chi connectivity index (χ4v) is 1.11. The molecule has 0 heterocycles. The van der Waals surface area contributed by atoms with Gasteiger partial charge in [-0.05, 0) is 17.7 Å². The summed E-state index contributed by atoms with van der Waals surface area (Å²) in [7, 11) is 1.44. The summed E-state index contributed by atoms with van der Waals surface area (Å²) in [5, 5.41) is -1.96. The highest BCUT2D eigenvalue weighted by Crippen LogP contribution is 2.38. The average molecular weight is 225 g/mol. The highest BCUT2D eigenvalue weighted by atomic mass is 35.5. The van der Waals surface area contributed by atoms with Crippen LogP contribution in [0.1, 0.15) is 10.9 Å². The van der Waals surface area contributed by atoms with Crippen molar-refractivity contribution in [2.24, 2.45) is 0 Å². The maximum Gasteiger partial charge on any atom is 0.408 e. The minimum atomic E-state index is -4.42. The number of hydrogen-bond acceptors (Lipinski definition) is 1. The molecule has 0 aromatic heterocycles. The molecule has 0 radical (unpaired) electrons. The van der Waals surface area contributed by atoms with Crippen LogP contribution in [0.3, 0.4) is 0 Å². The van der Waals surface area contributed by atoms with E-state index in [9.17, 15) is 13.2 Å². The minimum Gasteiger partial charge on any atom is -0.497 e. The van der Waals surface area contributed by atoms with Gasteiger partial charge in [0.15, 0.2) is 5.38 Å². The Morgan fingerprint density at radius 3 is 2.07 bits per heavy atom. The molecule has 0 saturated carbocycles. The Morgan fingerprint density at radius 2 is 1.71 bits per heavy atom. The van der Waals surface area contributed by atoms with Gasteiger partial charge in [0.1, 0.15) is 5.75 Å². The van der Waals surface area contributed by atoms with Crippen LogP contribution in [-0.2, 0) is 0 Å². The predicted octanol–water partition coefficient (Wildman–Crippen LogP) is 3.54. The number of methoxy groups -OCH3 is 1. The maximum absolute atomic E-state index is 12.2. The molecule has 1 rings (SSSR count). The molecule has 1 nitrogen and oxygen atoms in total. The third kappa shape index (κ3) is 2.54. The van der Waals surface area contributed by atoms with Gasteiger partial charge in [-0.2, -0.15) is 13.2 Å². The summed E-state index contributed by atoms with van der Waals surface area (Å²) >= 11 is 5.21.